The molecule has 7 heteroatoms. The van der Waals surface area contributed by atoms with Crippen LogP contribution in [0.4, 0.5) is 8.78 Å². The Labute approximate surface area is 116 Å². The summed E-state index contributed by atoms with van der Waals surface area (Å²) in [5, 5.41) is 0. The molecule has 0 saturated carbocycles. The molecular formula is C12H17ClF2N2O2. The molecule has 108 valence electrons. The smallest absolute Gasteiger partial charge is 0.395 e. The number of nitrogens with two attached hydrogens (primary N) is 2. The van der Waals surface area contributed by atoms with E-state index in [1.54, 1.807) is 12.1 Å². The first kappa shape index (κ1) is 15.9. The number of fused-ring (bicyclic) bond motifs is 1. The Kier molecular flexibility index (Phi) is 5.34. The molecule has 0 radical (unpaired) electrons. The van der Waals surface area contributed by atoms with Gasteiger partial charge in [0.25, 0.3) is 0 Å². The van der Waals surface area contributed by atoms with E-state index in [-0.39, 0.29) is 29.9 Å². The van der Waals surface area contributed by atoms with Gasteiger partial charge in [0.2, 0.25) is 0 Å². The SMILES string of the molecule is Cl.NCCCC[C@@H](N)c1cccc2c1OC(F)(F)O2. The van der Waals surface area contributed by atoms with E-state index in [1.807, 2.05) is 0 Å². The summed E-state index contributed by atoms with van der Waals surface area (Å²) in [7, 11) is 0. The Morgan fingerprint density at radius 2 is 1.95 bits per heavy atom. The van der Waals surface area contributed by atoms with Gasteiger partial charge in [0, 0.05) is 11.6 Å². The summed E-state index contributed by atoms with van der Waals surface area (Å²) in [6.45, 7) is 0.595. The minimum Gasteiger partial charge on any atom is -0.395 e. The molecule has 1 aromatic carbocycles. The van der Waals surface area contributed by atoms with Gasteiger partial charge < -0.3 is 20.9 Å². The van der Waals surface area contributed by atoms with Gasteiger partial charge in [-0.15, -0.1) is 21.2 Å². The third kappa shape index (κ3) is 3.68. The number of para-hydroxylation sites is 1. The highest BCUT2D eigenvalue weighted by Gasteiger charge is 2.44. The van der Waals surface area contributed by atoms with Gasteiger partial charge in [0.15, 0.2) is 11.5 Å². The van der Waals surface area contributed by atoms with Crippen molar-refractivity contribution in [3.05, 3.63) is 23.8 Å². The number of alkyl halides is 2. The van der Waals surface area contributed by atoms with Crippen molar-refractivity contribution < 1.29 is 18.3 Å². The molecule has 0 bridgehead atoms. The molecule has 0 fully saturated rings. The summed E-state index contributed by atoms with van der Waals surface area (Å²) < 4.78 is 34.8. The molecule has 1 aliphatic heterocycles. The first-order valence-corrected chi connectivity index (χ1v) is 5.88. The number of halogens is 3. The number of unbranched alkanes of at least 4 members (excludes halogenated alkanes) is 1. The second-order valence-electron chi connectivity index (χ2n) is 4.23. The molecule has 1 atom stereocenters. The molecule has 0 amide bonds. The Bertz CT molecular complexity index is 432. The van der Waals surface area contributed by atoms with Crippen LogP contribution < -0.4 is 20.9 Å². The minimum atomic E-state index is -3.60. The normalized spacial score (nSPS) is 16.8. The lowest BCUT2D eigenvalue weighted by atomic mass is 10.0. The maximum Gasteiger partial charge on any atom is 0.586 e. The zero-order valence-corrected chi connectivity index (χ0v) is 11.1. The van der Waals surface area contributed by atoms with Crippen molar-refractivity contribution in [2.24, 2.45) is 11.5 Å². The average Bonchev–Trinajstić information content (AvgIpc) is 2.62. The van der Waals surface area contributed by atoms with Crippen molar-refractivity contribution in [2.45, 2.75) is 31.6 Å². The third-order valence-electron chi connectivity index (χ3n) is 2.83. The lowest BCUT2D eigenvalue weighted by molar-refractivity contribution is -0.287. The molecule has 0 spiro atoms. The van der Waals surface area contributed by atoms with Gasteiger partial charge in [-0.25, -0.2) is 0 Å². The number of hydrogen-bond donors (Lipinski definition) is 2. The van der Waals surface area contributed by atoms with E-state index in [0.717, 1.165) is 12.8 Å². The van der Waals surface area contributed by atoms with Crippen LogP contribution in [0, 0.1) is 0 Å². The average molecular weight is 295 g/mol. The summed E-state index contributed by atoms with van der Waals surface area (Å²) in [6.07, 6.45) is -1.23. The largest absolute Gasteiger partial charge is 0.586 e. The number of rotatable bonds is 5. The van der Waals surface area contributed by atoms with Gasteiger partial charge in [-0.2, -0.15) is 0 Å². The van der Waals surface area contributed by atoms with Crippen LogP contribution in [0.2, 0.25) is 0 Å². The lowest BCUT2D eigenvalue weighted by Crippen LogP contribution is -2.26. The van der Waals surface area contributed by atoms with Gasteiger partial charge >= 0.3 is 6.29 Å². The summed E-state index contributed by atoms with van der Waals surface area (Å²) in [5.74, 6) is 0.0783. The van der Waals surface area contributed by atoms with Crippen molar-refractivity contribution in [1.82, 2.24) is 0 Å². The quantitative estimate of drug-likeness (QED) is 0.819. The van der Waals surface area contributed by atoms with Gasteiger partial charge in [-0.1, -0.05) is 18.6 Å². The highest BCUT2D eigenvalue weighted by molar-refractivity contribution is 5.85. The van der Waals surface area contributed by atoms with Crippen molar-refractivity contribution in [3.63, 3.8) is 0 Å². The van der Waals surface area contributed by atoms with E-state index in [0.29, 0.717) is 18.5 Å². The topological polar surface area (TPSA) is 70.5 Å². The first-order valence-electron chi connectivity index (χ1n) is 5.88. The van der Waals surface area contributed by atoms with Gasteiger partial charge in [-0.05, 0) is 25.5 Å². The molecule has 0 unspecified atom stereocenters. The Balaban J connectivity index is 0.00000180. The second-order valence-corrected chi connectivity index (χ2v) is 4.23. The van der Waals surface area contributed by atoms with Crippen LogP contribution in [0.5, 0.6) is 11.5 Å². The third-order valence-corrected chi connectivity index (χ3v) is 2.83. The molecular weight excluding hydrogens is 278 g/mol. The first-order chi connectivity index (χ1) is 8.53. The number of hydrogen-bond acceptors (Lipinski definition) is 4. The van der Waals surface area contributed by atoms with Gasteiger partial charge in [-0.3, -0.25) is 0 Å². The molecule has 2 rings (SSSR count). The van der Waals surface area contributed by atoms with E-state index < -0.39 is 6.29 Å². The zero-order chi connectivity index (χ0) is 13.2. The van der Waals surface area contributed by atoms with Crippen LogP contribution >= 0.6 is 12.4 Å². The molecule has 1 heterocycles. The fraction of sp³-hybridized carbons (Fsp3) is 0.500. The van der Waals surface area contributed by atoms with Crippen molar-refractivity contribution in [3.8, 4) is 11.5 Å². The molecule has 0 saturated heterocycles. The van der Waals surface area contributed by atoms with Crippen LogP contribution in [0.1, 0.15) is 30.9 Å². The zero-order valence-electron chi connectivity index (χ0n) is 10.3. The van der Waals surface area contributed by atoms with Crippen molar-refractivity contribution in [2.75, 3.05) is 6.54 Å². The molecule has 19 heavy (non-hydrogen) atoms. The minimum absolute atomic E-state index is 0. The Morgan fingerprint density at radius 3 is 2.63 bits per heavy atom. The van der Waals surface area contributed by atoms with Crippen LogP contribution in [0.15, 0.2) is 18.2 Å². The maximum absolute atomic E-state index is 13.0. The maximum atomic E-state index is 13.0. The number of benzene rings is 1. The van der Waals surface area contributed by atoms with Gasteiger partial charge in [0.05, 0.1) is 0 Å². The molecule has 4 N–H and O–H groups in total. The molecule has 1 aromatic rings. The lowest BCUT2D eigenvalue weighted by Gasteiger charge is -2.14. The molecule has 1 aliphatic rings. The van der Waals surface area contributed by atoms with Crippen molar-refractivity contribution in [1.29, 1.82) is 0 Å². The van der Waals surface area contributed by atoms with Crippen LogP contribution in [0.3, 0.4) is 0 Å². The Hall–Kier alpha value is -1.11. The van der Waals surface area contributed by atoms with Crippen molar-refractivity contribution >= 4 is 12.4 Å². The van der Waals surface area contributed by atoms with Crippen LogP contribution in [-0.4, -0.2) is 12.8 Å². The van der Waals surface area contributed by atoms with E-state index in [1.165, 1.54) is 6.07 Å². The predicted molar refractivity (Wildman–Crippen MR) is 69.7 cm³/mol. The number of ether oxygens (including phenoxy) is 2. The molecule has 0 aromatic heterocycles. The second kappa shape index (κ2) is 6.36. The fourth-order valence-corrected chi connectivity index (χ4v) is 1.95. The highest BCUT2D eigenvalue weighted by Crippen LogP contribution is 2.45. The van der Waals surface area contributed by atoms with E-state index in [9.17, 15) is 8.78 Å². The van der Waals surface area contributed by atoms with Crippen LogP contribution in [0.25, 0.3) is 0 Å². The summed E-state index contributed by atoms with van der Waals surface area (Å²) >= 11 is 0. The molecule has 4 nitrogen and oxygen atoms in total. The fourth-order valence-electron chi connectivity index (χ4n) is 1.95. The van der Waals surface area contributed by atoms with E-state index in [4.69, 9.17) is 11.5 Å². The van der Waals surface area contributed by atoms with Gasteiger partial charge in [0.1, 0.15) is 0 Å². The highest BCUT2D eigenvalue weighted by atomic mass is 35.5. The van der Waals surface area contributed by atoms with E-state index >= 15 is 0 Å². The summed E-state index contributed by atoms with van der Waals surface area (Å²) in [5.41, 5.74) is 11.9. The predicted octanol–water partition coefficient (Wildman–Crippen LogP) is 2.56. The Morgan fingerprint density at radius 1 is 1.21 bits per heavy atom. The molecule has 0 aliphatic carbocycles. The monoisotopic (exact) mass is 294 g/mol. The summed E-state index contributed by atoms with van der Waals surface area (Å²) in [6, 6.07) is 4.38. The van der Waals surface area contributed by atoms with Crippen LogP contribution in [-0.2, 0) is 0 Å². The standard InChI is InChI=1S/C12H16F2N2O2.ClH/c13-12(14)17-10-6-3-4-8(11(10)18-12)9(16)5-1-2-7-15;/h3-4,6,9H,1-2,5,7,15-16H2;1H/t9-;/m1./s1. The van der Waals surface area contributed by atoms with E-state index in [2.05, 4.69) is 9.47 Å². The summed E-state index contributed by atoms with van der Waals surface area (Å²) in [4.78, 5) is 0.